The zero-order valence-corrected chi connectivity index (χ0v) is 34.6. The predicted octanol–water partition coefficient (Wildman–Crippen LogP) is -5.87. The lowest BCUT2D eigenvalue weighted by Gasteiger charge is -2.34. The molecule has 8 rings (SSSR count). The van der Waals surface area contributed by atoms with E-state index in [2.05, 4.69) is 149 Å². The summed E-state index contributed by atoms with van der Waals surface area (Å²) in [7, 11) is 21.4. The molecule has 0 aliphatic carbocycles. The molecule has 0 radical (unpaired) electrons. The van der Waals surface area contributed by atoms with Gasteiger partial charge in [-0.15, -0.1) is 10.9 Å². The van der Waals surface area contributed by atoms with Crippen molar-refractivity contribution in [1.82, 2.24) is 0 Å². The van der Waals surface area contributed by atoms with Crippen LogP contribution in [0.15, 0.2) is 84.9 Å². The third-order valence-electron chi connectivity index (χ3n) is 13.1. The highest BCUT2D eigenvalue weighted by Crippen LogP contribution is 2.46. The van der Waals surface area contributed by atoms with Crippen LogP contribution in [-0.2, 0) is 0 Å². The zero-order valence-electron chi connectivity index (χ0n) is 34.6. The third kappa shape index (κ3) is 5.76. The van der Waals surface area contributed by atoms with E-state index in [1.54, 1.807) is 24.3 Å². The monoisotopic (exact) mass is 742 g/mol. The average molecular weight is 741 g/mol. The summed E-state index contributed by atoms with van der Waals surface area (Å²) in [4.78, 5) is 4.38. The molecule has 8 aromatic rings. The van der Waals surface area contributed by atoms with Gasteiger partial charge in [-0.1, -0.05) is 80.1 Å². The van der Waals surface area contributed by atoms with Gasteiger partial charge < -0.3 is 9.80 Å². The van der Waals surface area contributed by atoms with Crippen LogP contribution in [0.5, 0.6) is 0 Å². The maximum absolute atomic E-state index is 14.9. The van der Waals surface area contributed by atoms with Crippen LogP contribution in [0.1, 0.15) is 11.1 Å². The van der Waals surface area contributed by atoms with Crippen molar-refractivity contribution in [3.63, 3.8) is 0 Å². The van der Waals surface area contributed by atoms with Gasteiger partial charge >= 0.3 is 0 Å². The SMILES string of the molecule is Bc1c(B)c(B)c(N(c2ccc(F)c(C#N)c2)c2ccc3ccc4c(N(c5ccc(F)c(C#N)c5)c5c(B)c(B)c(B)c(B)c5B)ccc5ccc2c3c54)c(B)c1B. The Bertz CT molecular complexity index is 2890. The maximum atomic E-state index is 14.9. The molecule has 0 saturated heterocycles. The fourth-order valence-corrected chi connectivity index (χ4v) is 9.04. The molecule has 58 heavy (non-hydrogen) atoms. The maximum Gasteiger partial charge on any atom is 0.141 e. The molecular weight excluding hydrogens is 707 g/mol. The summed E-state index contributed by atoms with van der Waals surface area (Å²) in [6.45, 7) is 0. The molecule has 0 unspecified atom stereocenters. The second-order valence-corrected chi connectivity index (χ2v) is 15.8. The molecule has 0 atom stereocenters. The number of benzene rings is 8. The van der Waals surface area contributed by atoms with E-state index >= 15 is 0 Å². The first-order chi connectivity index (χ1) is 27.7. The van der Waals surface area contributed by atoms with Crippen LogP contribution in [0.4, 0.5) is 42.9 Å². The van der Waals surface area contributed by atoms with Crippen molar-refractivity contribution < 1.29 is 8.78 Å². The Morgan fingerprint density at radius 1 is 0.397 bits per heavy atom. The second-order valence-electron chi connectivity index (χ2n) is 15.8. The highest BCUT2D eigenvalue weighted by molar-refractivity contribution is 6.70. The summed E-state index contributed by atoms with van der Waals surface area (Å²) in [5.41, 5.74) is 16.8. The lowest BCUT2D eigenvalue weighted by atomic mass is 9.61. The van der Waals surface area contributed by atoms with E-state index in [0.29, 0.717) is 11.4 Å². The quantitative estimate of drug-likeness (QED) is 0.126. The van der Waals surface area contributed by atoms with E-state index in [1.807, 2.05) is 0 Å². The van der Waals surface area contributed by atoms with Crippen LogP contribution in [-0.4, -0.2) is 78.5 Å². The first-order valence-corrected chi connectivity index (χ1v) is 19.5. The number of nitriles is 2. The fraction of sp³-hybridized carbons (Fsp3) is 0. The first-order valence-electron chi connectivity index (χ1n) is 19.5. The lowest BCUT2D eigenvalue weighted by molar-refractivity contribution is 0.623. The summed E-state index contributed by atoms with van der Waals surface area (Å²) in [6.07, 6.45) is 0. The van der Waals surface area contributed by atoms with Crippen LogP contribution >= 0.6 is 0 Å². The molecule has 266 valence electrons. The van der Waals surface area contributed by atoms with Gasteiger partial charge in [0.05, 0.1) is 22.5 Å². The van der Waals surface area contributed by atoms with Crippen molar-refractivity contribution in [2.45, 2.75) is 0 Å². The molecule has 0 aromatic heterocycles. The molecule has 0 N–H and O–H groups in total. The number of halogens is 2. The van der Waals surface area contributed by atoms with E-state index in [4.69, 9.17) is 0 Å². The molecule has 0 bridgehead atoms. The number of hydrogen-bond acceptors (Lipinski definition) is 4. The van der Waals surface area contributed by atoms with Gasteiger partial charge in [-0.3, -0.25) is 0 Å². The van der Waals surface area contributed by atoms with Crippen LogP contribution in [0, 0.1) is 34.3 Å². The van der Waals surface area contributed by atoms with Crippen LogP contribution in [0.25, 0.3) is 32.3 Å². The summed E-state index contributed by atoms with van der Waals surface area (Å²) in [5.74, 6) is -1.12. The standard InChI is InChI=1S/C42H34B10F2N4/c43-31-33(45)37(49)41(38(50)34(31)46)57(21-5-9-25(53)19(13-21)15-55)27-12-4-18-2-8-24-28(11-3-17-1-7-23(27)30(18)29(17)24)58(22-6-10-26(54)20(14-22)16-56)42-39(51)35(47)32(44)36(48)40(42)52/h1-14H,43-52H2. The molecule has 0 aliphatic rings. The Balaban J connectivity index is 1.49. The van der Waals surface area contributed by atoms with Gasteiger partial charge in [-0.25, -0.2) is 8.78 Å². The molecule has 0 fully saturated rings. The summed E-state index contributed by atoms with van der Waals surface area (Å²) >= 11 is 0. The molecule has 8 aromatic carbocycles. The Kier molecular flexibility index (Phi) is 9.60. The second kappa shape index (κ2) is 14.4. The summed E-state index contributed by atoms with van der Waals surface area (Å²) in [6, 6.07) is 30.8. The molecule has 0 spiro atoms. The fourth-order valence-electron chi connectivity index (χ4n) is 9.04. The van der Waals surface area contributed by atoms with Crippen molar-refractivity contribution in [1.29, 1.82) is 10.5 Å². The predicted molar refractivity (Wildman–Crippen MR) is 271 cm³/mol. The Labute approximate surface area is 347 Å². The number of rotatable bonds is 6. The first kappa shape index (κ1) is 38.7. The Morgan fingerprint density at radius 3 is 1.03 bits per heavy atom. The van der Waals surface area contributed by atoms with E-state index < -0.39 is 11.6 Å². The van der Waals surface area contributed by atoms with Gasteiger partial charge in [-0.05, 0) is 70.1 Å². The number of anilines is 6. The number of nitrogens with zero attached hydrogens (tertiary/aromatic N) is 4. The van der Waals surface area contributed by atoms with Gasteiger partial charge in [-0.2, -0.15) is 10.5 Å². The zero-order chi connectivity index (χ0) is 41.5. The van der Waals surface area contributed by atoms with Crippen LogP contribution < -0.4 is 64.4 Å². The van der Waals surface area contributed by atoms with Crippen molar-refractivity contribution in [2.75, 3.05) is 9.80 Å². The van der Waals surface area contributed by atoms with Gasteiger partial charge in [0.15, 0.2) is 0 Å². The smallest absolute Gasteiger partial charge is 0.141 e. The molecule has 0 saturated carbocycles. The van der Waals surface area contributed by atoms with Crippen molar-refractivity contribution >= 4 is 200 Å². The summed E-state index contributed by atoms with van der Waals surface area (Å²) < 4.78 is 29.9. The van der Waals surface area contributed by atoms with E-state index in [0.717, 1.165) is 76.9 Å². The number of hydrogen-bond donors (Lipinski definition) is 0. The third-order valence-corrected chi connectivity index (χ3v) is 13.1. The topological polar surface area (TPSA) is 54.1 Å². The minimum absolute atomic E-state index is 0.0201. The van der Waals surface area contributed by atoms with Gasteiger partial charge in [0.25, 0.3) is 0 Å². The molecular formula is C42H34B10F2N4. The average Bonchev–Trinajstić information content (AvgIpc) is 3.23. The van der Waals surface area contributed by atoms with E-state index in [9.17, 15) is 19.3 Å². The molecule has 4 nitrogen and oxygen atoms in total. The van der Waals surface area contributed by atoms with Gasteiger partial charge in [0.1, 0.15) is 102 Å². The van der Waals surface area contributed by atoms with Crippen molar-refractivity contribution in [3.8, 4) is 12.1 Å². The van der Waals surface area contributed by atoms with E-state index in [-0.39, 0.29) is 11.1 Å². The van der Waals surface area contributed by atoms with Crippen molar-refractivity contribution in [2.24, 2.45) is 0 Å². The van der Waals surface area contributed by atoms with Gasteiger partial charge in [0.2, 0.25) is 0 Å². The lowest BCUT2D eigenvalue weighted by Crippen LogP contribution is -2.56. The largest absolute Gasteiger partial charge is 0.311 e. The molecule has 16 heteroatoms. The Hall–Kier alpha value is -6.11. The highest BCUT2D eigenvalue weighted by atomic mass is 19.1. The Morgan fingerprint density at radius 2 is 0.707 bits per heavy atom. The minimum atomic E-state index is -0.559. The van der Waals surface area contributed by atoms with Crippen LogP contribution in [0.3, 0.4) is 0 Å². The molecule has 0 aliphatic heterocycles. The van der Waals surface area contributed by atoms with E-state index in [1.165, 1.54) is 44.9 Å². The summed E-state index contributed by atoms with van der Waals surface area (Å²) in [5, 5.41) is 26.2. The normalized spacial score (nSPS) is 11.2. The molecule has 0 heterocycles. The minimum Gasteiger partial charge on any atom is -0.311 e. The molecule has 0 amide bonds. The van der Waals surface area contributed by atoms with Crippen LogP contribution in [0.2, 0.25) is 0 Å². The van der Waals surface area contributed by atoms with Crippen molar-refractivity contribution in [3.05, 3.63) is 108 Å². The highest BCUT2D eigenvalue weighted by Gasteiger charge is 2.27. The van der Waals surface area contributed by atoms with Gasteiger partial charge in [0, 0.05) is 33.5 Å².